The highest BCUT2D eigenvalue weighted by atomic mass is 19.1. The second kappa shape index (κ2) is 8.75. The number of hydrogen-bond donors (Lipinski definition) is 0. The van der Waals surface area contributed by atoms with Gasteiger partial charge in [-0.15, -0.1) is 0 Å². The highest BCUT2D eigenvalue weighted by molar-refractivity contribution is 5.79. The van der Waals surface area contributed by atoms with Crippen LogP contribution in [-0.4, -0.2) is 13.3 Å². The zero-order valence-electron chi connectivity index (χ0n) is 15.9. The smallest absolute Gasteiger partial charge is 0.227 e. The second-order valence-electron chi connectivity index (χ2n) is 6.51. The van der Waals surface area contributed by atoms with Crippen LogP contribution in [0.3, 0.4) is 0 Å². The van der Waals surface area contributed by atoms with Crippen molar-refractivity contribution in [3.63, 3.8) is 0 Å². The van der Waals surface area contributed by atoms with Crippen molar-refractivity contribution in [2.45, 2.75) is 19.5 Å². The van der Waals surface area contributed by atoms with Crippen LogP contribution in [0.4, 0.5) is 4.39 Å². The van der Waals surface area contributed by atoms with E-state index in [1.165, 1.54) is 12.1 Å². The van der Waals surface area contributed by atoms with Crippen LogP contribution >= 0.6 is 0 Å². The first-order valence-corrected chi connectivity index (χ1v) is 9.17. The Morgan fingerprint density at radius 1 is 1.10 bits per heavy atom. The number of benzene rings is 3. The summed E-state index contributed by atoms with van der Waals surface area (Å²) in [6.07, 6.45) is 1.04. The largest absolute Gasteiger partial charge is 0.497 e. The summed E-state index contributed by atoms with van der Waals surface area (Å²) in [5.41, 5.74) is 2.98. The summed E-state index contributed by atoms with van der Waals surface area (Å²) in [6, 6.07) is 19.8. The van der Waals surface area contributed by atoms with Gasteiger partial charge in [-0.1, -0.05) is 35.5 Å². The molecule has 0 N–H and O–H groups in total. The molecule has 0 unspecified atom stereocenters. The van der Waals surface area contributed by atoms with E-state index in [0.717, 1.165) is 16.9 Å². The fourth-order valence-corrected chi connectivity index (χ4v) is 3.05. The van der Waals surface area contributed by atoms with Gasteiger partial charge in [-0.25, -0.2) is 4.39 Å². The number of hydrogen-bond acceptors (Lipinski definition) is 5. The number of ether oxygens (including phenoxy) is 3. The average molecular weight is 393 g/mol. The van der Waals surface area contributed by atoms with E-state index in [1.807, 2.05) is 54.6 Å². The van der Waals surface area contributed by atoms with Gasteiger partial charge in [0.25, 0.3) is 0 Å². The molecule has 0 aromatic heterocycles. The standard InChI is InChI=1S/C23H20FNO4/c1-26-21-9-7-16(8-10-21)13-25-28-15-19-12-20(24)11-18-14-27-23(29-22(18)19)17-5-3-2-4-6-17/h2-13,23H,14-15H2,1H3/b25-13-/t23-/m1/s1. The fraction of sp³-hybridized carbons (Fsp3) is 0.174. The van der Waals surface area contributed by atoms with Gasteiger partial charge in [0.1, 0.15) is 23.9 Å². The summed E-state index contributed by atoms with van der Waals surface area (Å²) in [6.45, 7) is 0.336. The maximum absolute atomic E-state index is 14.0. The van der Waals surface area contributed by atoms with Gasteiger partial charge in [-0.2, -0.15) is 0 Å². The Hall–Kier alpha value is -3.38. The quantitative estimate of drug-likeness (QED) is 0.437. The van der Waals surface area contributed by atoms with Crippen LogP contribution in [0.15, 0.2) is 71.9 Å². The first-order valence-electron chi connectivity index (χ1n) is 9.17. The van der Waals surface area contributed by atoms with Crippen LogP contribution in [0, 0.1) is 5.82 Å². The molecule has 0 saturated heterocycles. The van der Waals surface area contributed by atoms with E-state index in [1.54, 1.807) is 13.3 Å². The summed E-state index contributed by atoms with van der Waals surface area (Å²) >= 11 is 0. The zero-order valence-corrected chi connectivity index (χ0v) is 15.9. The Bertz CT molecular complexity index is 990. The molecule has 29 heavy (non-hydrogen) atoms. The van der Waals surface area contributed by atoms with Gasteiger partial charge < -0.3 is 19.0 Å². The van der Waals surface area contributed by atoms with Crippen molar-refractivity contribution >= 4 is 6.21 Å². The van der Waals surface area contributed by atoms with E-state index < -0.39 is 6.29 Å². The maximum atomic E-state index is 14.0. The molecule has 6 heteroatoms. The monoisotopic (exact) mass is 393 g/mol. The second-order valence-corrected chi connectivity index (χ2v) is 6.51. The third-order valence-electron chi connectivity index (χ3n) is 4.51. The Morgan fingerprint density at radius 3 is 2.66 bits per heavy atom. The van der Waals surface area contributed by atoms with Crippen molar-refractivity contribution in [2.75, 3.05) is 7.11 Å². The van der Waals surface area contributed by atoms with Crippen molar-refractivity contribution in [3.8, 4) is 11.5 Å². The molecule has 0 radical (unpaired) electrons. The van der Waals surface area contributed by atoms with E-state index in [0.29, 0.717) is 16.9 Å². The summed E-state index contributed by atoms with van der Waals surface area (Å²) < 4.78 is 30.9. The number of halogens is 1. The number of nitrogens with zero attached hydrogens (tertiary/aromatic N) is 1. The molecule has 1 aliphatic rings. The molecule has 0 bridgehead atoms. The average Bonchev–Trinajstić information content (AvgIpc) is 2.77. The van der Waals surface area contributed by atoms with E-state index in [-0.39, 0.29) is 19.0 Å². The van der Waals surface area contributed by atoms with Crippen LogP contribution < -0.4 is 9.47 Å². The minimum absolute atomic E-state index is 0.0776. The maximum Gasteiger partial charge on any atom is 0.227 e. The molecule has 1 aliphatic heterocycles. The van der Waals surface area contributed by atoms with Crippen molar-refractivity contribution < 1.29 is 23.4 Å². The third kappa shape index (κ3) is 4.55. The first-order chi connectivity index (χ1) is 14.2. The van der Waals surface area contributed by atoms with Crippen LogP contribution in [0.1, 0.15) is 28.5 Å². The molecule has 148 valence electrons. The van der Waals surface area contributed by atoms with Gasteiger partial charge in [0.15, 0.2) is 0 Å². The Morgan fingerprint density at radius 2 is 1.90 bits per heavy atom. The van der Waals surface area contributed by atoms with E-state index in [4.69, 9.17) is 19.0 Å². The predicted molar refractivity (Wildman–Crippen MR) is 106 cm³/mol. The zero-order chi connectivity index (χ0) is 20.1. The van der Waals surface area contributed by atoms with Crippen LogP contribution in [0.2, 0.25) is 0 Å². The summed E-state index contributed by atoms with van der Waals surface area (Å²) in [5, 5.41) is 3.97. The van der Waals surface area contributed by atoms with Gasteiger partial charge in [0, 0.05) is 16.7 Å². The van der Waals surface area contributed by atoms with Crippen LogP contribution in [-0.2, 0) is 22.8 Å². The van der Waals surface area contributed by atoms with Crippen molar-refractivity contribution in [1.29, 1.82) is 0 Å². The molecule has 0 amide bonds. The molecule has 4 rings (SSSR count). The molecule has 0 fully saturated rings. The summed E-state index contributed by atoms with van der Waals surface area (Å²) in [4.78, 5) is 5.39. The minimum Gasteiger partial charge on any atom is -0.497 e. The Kier molecular flexibility index (Phi) is 5.72. The Balaban J connectivity index is 1.46. The molecule has 3 aromatic carbocycles. The van der Waals surface area contributed by atoms with Crippen molar-refractivity contribution in [3.05, 3.63) is 94.8 Å². The van der Waals surface area contributed by atoms with Gasteiger partial charge in [0.2, 0.25) is 6.29 Å². The van der Waals surface area contributed by atoms with E-state index in [2.05, 4.69) is 5.16 Å². The molecule has 5 nitrogen and oxygen atoms in total. The van der Waals surface area contributed by atoms with Crippen LogP contribution in [0.5, 0.6) is 11.5 Å². The molecule has 0 saturated carbocycles. The van der Waals surface area contributed by atoms with E-state index >= 15 is 0 Å². The fourth-order valence-electron chi connectivity index (χ4n) is 3.05. The topological polar surface area (TPSA) is 49.3 Å². The van der Waals surface area contributed by atoms with Gasteiger partial charge in [-0.05, 0) is 42.0 Å². The lowest BCUT2D eigenvalue weighted by Crippen LogP contribution is -2.19. The molecule has 1 atom stereocenters. The lowest BCUT2D eigenvalue weighted by atomic mass is 10.1. The third-order valence-corrected chi connectivity index (χ3v) is 4.51. The Labute approximate surface area is 168 Å². The van der Waals surface area contributed by atoms with Gasteiger partial charge in [0.05, 0.1) is 19.9 Å². The molecular formula is C23H20FNO4. The molecule has 0 spiro atoms. The molecular weight excluding hydrogens is 373 g/mol. The van der Waals surface area contributed by atoms with Crippen molar-refractivity contribution in [2.24, 2.45) is 5.16 Å². The predicted octanol–water partition coefficient (Wildman–Crippen LogP) is 4.99. The van der Waals surface area contributed by atoms with Gasteiger partial charge >= 0.3 is 0 Å². The molecule has 3 aromatic rings. The SMILES string of the molecule is COc1ccc(/C=N\OCc2cc(F)cc3c2O[C@H](c2ccccc2)OC3)cc1. The first kappa shape index (κ1) is 19.0. The van der Waals surface area contributed by atoms with Crippen molar-refractivity contribution in [1.82, 2.24) is 0 Å². The number of oxime groups is 1. The lowest BCUT2D eigenvalue weighted by Gasteiger charge is -2.28. The number of fused-ring (bicyclic) bond motifs is 1. The lowest BCUT2D eigenvalue weighted by molar-refractivity contribution is -0.112. The number of rotatable bonds is 6. The molecule has 1 heterocycles. The number of methoxy groups -OCH3 is 1. The van der Waals surface area contributed by atoms with Crippen LogP contribution in [0.25, 0.3) is 0 Å². The normalized spacial score (nSPS) is 15.6. The molecule has 0 aliphatic carbocycles. The van der Waals surface area contributed by atoms with E-state index in [9.17, 15) is 4.39 Å². The van der Waals surface area contributed by atoms with Gasteiger partial charge in [-0.3, -0.25) is 0 Å². The highest BCUT2D eigenvalue weighted by Crippen LogP contribution is 2.36. The minimum atomic E-state index is -0.546. The summed E-state index contributed by atoms with van der Waals surface area (Å²) in [7, 11) is 1.61. The summed E-state index contributed by atoms with van der Waals surface area (Å²) in [5.74, 6) is 0.972. The highest BCUT2D eigenvalue weighted by Gasteiger charge is 2.25.